The number of pyridine rings is 1. The van der Waals surface area contributed by atoms with Crippen LogP contribution in [0.5, 0.6) is 0 Å². The molecule has 1 fully saturated rings. The number of rotatable bonds is 4. The molecule has 0 unspecified atom stereocenters. The van der Waals surface area contributed by atoms with Crippen molar-refractivity contribution in [3.8, 4) is 22.5 Å². The van der Waals surface area contributed by atoms with Crippen molar-refractivity contribution in [3.63, 3.8) is 0 Å². The molecule has 0 aliphatic carbocycles. The maximum atomic E-state index is 12.3. The van der Waals surface area contributed by atoms with E-state index in [1.807, 2.05) is 30.5 Å². The Labute approximate surface area is 210 Å². The van der Waals surface area contributed by atoms with Crippen molar-refractivity contribution in [1.29, 1.82) is 0 Å². The molecule has 0 bridgehead atoms. The minimum Gasteiger partial charge on any atom is -0.381 e. The molecule has 2 aliphatic heterocycles. The molecule has 3 aromatic heterocycles. The second-order valence-corrected chi connectivity index (χ2v) is 9.94. The fourth-order valence-electron chi connectivity index (χ4n) is 5.59. The molecule has 5 heterocycles. The van der Waals surface area contributed by atoms with E-state index in [2.05, 4.69) is 34.9 Å². The molecule has 4 aromatic rings. The summed E-state index contributed by atoms with van der Waals surface area (Å²) in [6, 6.07) is 7.00. The number of amides is 1. The predicted octanol–water partition coefficient (Wildman–Crippen LogP) is 4.32. The zero-order valence-electron chi connectivity index (χ0n) is 21.2. The molecule has 8 heteroatoms. The Kier molecular flexibility index (Phi) is 5.84. The van der Waals surface area contributed by atoms with Gasteiger partial charge in [0.1, 0.15) is 0 Å². The SMILES string of the molecule is CCc1cc(-c2nn(C3CCOCC3)c3c2CN(C(C)=O)CC3)c2cnc(-c3cnn(C)c3)cc2c1. The van der Waals surface area contributed by atoms with Crippen molar-refractivity contribution in [2.24, 2.45) is 7.05 Å². The van der Waals surface area contributed by atoms with Gasteiger partial charge in [0.25, 0.3) is 0 Å². The van der Waals surface area contributed by atoms with E-state index in [-0.39, 0.29) is 5.91 Å². The molecule has 0 atom stereocenters. The summed E-state index contributed by atoms with van der Waals surface area (Å²) in [6.45, 7) is 6.71. The maximum Gasteiger partial charge on any atom is 0.219 e. The topological polar surface area (TPSA) is 78.1 Å². The number of aryl methyl sites for hydroxylation is 2. The first kappa shape index (κ1) is 22.9. The summed E-state index contributed by atoms with van der Waals surface area (Å²) in [4.78, 5) is 19.1. The number of ether oxygens (including phenoxy) is 1. The van der Waals surface area contributed by atoms with Gasteiger partial charge >= 0.3 is 0 Å². The zero-order valence-corrected chi connectivity index (χ0v) is 21.2. The summed E-state index contributed by atoms with van der Waals surface area (Å²) in [5, 5.41) is 11.8. The Morgan fingerprint density at radius 3 is 2.72 bits per heavy atom. The van der Waals surface area contributed by atoms with Crippen molar-refractivity contribution in [1.82, 2.24) is 29.4 Å². The van der Waals surface area contributed by atoms with Gasteiger partial charge in [-0.2, -0.15) is 10.2 Å². The van der Waals surface area contributed by atoms with E-state index in [1.165, 1.54) is 16.8 Å². The van der Waals surface area contributed by atoms with Gasteiger partial charge in [-0.1, -0.05) is 13.0 Å². The first-order chi connectivity index (χ1) is 17.5. The number of carbonyl (C=O) groups is 1. The molecule has 186 valence electrons. The summed E-state index contributed by atoms with van der Waals surface area (Å²) < 4.78 is 9.69. The standard InChI is InChI=1S/C28H32N6O2/c1-4-19-11-20-13-26(21-14-30-32(3)16-21)29-15-24(20)23(12-19)28-25-17-33(18(2)35)8-5-27(25)34(31-28)22-6-9-36-10-7-22/h11-16,22H,4-10,17H2,1-3H3. The number of hydrogen-bond donors (Lipinski definition) is 0. The molecule has 6 rings (SSSR count). The molecule has 0 saturated carbocycles. The second kappa shape index (κ2) is 9.17. The minimum absolute atomic E-state index is 0.111. The van der Waals surface area contributed by atoms with Gasteiger partial charge in [-0.3, -0.25) is 19.1 Å². The highest BCUT2D eigenvalue weighted by atomic mass is 16.5. The molecule has 0 radical (unpaired) electrons. The van der Waals surface area contributed by atoms with Crippen LogP contribution >= 0.6 is 0 Å². The molecule has 36 heavy (non-hydrogen) atoms. The van der Waals surface area contributed by atoms with E-state index in [0.717, 1.165) is 78.7 Å². The Balaban J connectivity index is 1.53. The fourth-order valence-corrected chi connectivity index (χ4v) is 5.59. The normalized spacial score (nSPS) is 16.5. The molecule has 8 nitrogen and oxygen atoms in total. The van der Waals surface area contributed by atoms with Crippen molar-refractivity contribution in [3.05, 3.63) is 53.6 Å². The number of hydrogen-bond acceptors (Lipinski definition) is 5. The van der Waals surface area contributed by atoms with Crippen molar-refractivity contribution >= 4 is 16.7 Å². The molecule has 0 N–H and O–H groups in total. The third-order valence-corrected chi connectivity index (χ3v) is 7.63. The van der Waals surface area contributed by atoms with E-state index < -0.39 is 0 Å². The molecular weight excluding hydrogens is 452 g/mol. The van der Waals surface area contributed by atoms with Crippen molar-refractivity contribution in [2.45, 2.75) is 52.1 Å². The average Bonchev–Trinajstić information content (AvgIpc) is 3.51. The predicted molar refractivity (Wildman–Crippen MR) is 138 cm³/mol. The van der Waals surface area contributed by atoms with Crippen LogP contribution in [0.3, 0.4) is 0 Å². The van der Waals surface area contributed by atoms with Crippen LogP contribution in [-0.4, -0.2) is 55.1 Å². The summed E-state index contributed by atoms with van der Waals surface area (Å²) in [6.07, 6.45) is 9.50. The van der Waals surface area contributed by atoms with Crippen LogP contribution in [0.15, 0.2) is 36.8 Å². The lowest BCUT2D eigenvalue weighted by Crippen LogP contribution is -2.35. The van der Waals surface area contributed by atoms with Gasteiger partial charge in [0.2, 0.25) is 5.91 Å². The molecule has 1 amide bonds. The first-order valence-corrected chi connectivity index (χ1v) is 12.9. The number of aromatic nitrogens is 5. The Morgan fingerprint density at radius 1 is 1.17 bits per heavy atom. The van der Waals surface area contributed by atoms with Gasteiger partial charge in [0.05, 0.1) is 23.6 Å². The first-order valence-electron chi connectivity index (χ1n) is 12.9. The highest BCUT2D eigenvalue weighted by Gasteiger charge is 2.30. The van der Waals surface area contributed by atoms with E-state index in [0.29, 0.717) is 12.6 Å². The van der Waals surface area contributed by atoms with Gasteiger partial charge in [-0.15, -0.1) is 0 Å². The number of nitrogens with zero attached hydrogens (tertiary/aromatic N) is 6. The van der Waals surface area contributed by atoms with Crippen LogP contribution in [0.1, 0.15) is 49.6 Å². The third kappa shape index (κ3) is 3.99. The van der Waals surface area contributed by atoms with Gasteiger partial charge in [0, 0.05) is 86.9 Å². The lowest BCUT2D eigenvalue weighted by molar-refractivity contribution is -0.129. The van der Waals surface area contributed by atoms with Crippen LogP contribution in [0.2, 0.25) is 0 Å². The zero-order chi connectivity index (χ0) is 24.8. The van der Waals surface area contributed by atoms with Gasteiger partial charge in [0.15, 0.2) is 0 Å². The van der Waals surface area contributed by atoms with Crippen molar-refractivity contribution < 1.29 is 9.53 Å². The van der Waals surface area contributed by atoms with Crippen LogP contribution < -0.4 is 0 Å². The Morgan fingerprint density at radius 2 is 2.00 bits per heavy atom. The number of carbonyl (C=O) groups excluding carboxylic acids is 1. The largest absolute Gasteiger partial charge is 0.381 e. The summed E-state index contributed by atoms with van der Waals surface area (Å²) in [7, 11) is 1.92. The lowest BCUT2D eigenvalue weighted by Gasteiger charge is -2.29. The van der Waals surface area contributed by atoms with Gasteiger partial charge in [-0.05, 0) is 42.3 Å². The lowest BCUT2D eigenvalue weighted by atomic mass is 9.94. The highest BCUT2D eigenvalue weighted by Crippen LogP contribution is 2.38. The van der Waals surface area contributed by atoms with E-state index in [4.69, 9.17) is 14.8 Å². The minimum atomic E-state index is 0.111. The van der Waals surface area contributed by atoms with Crippen LogP contribution in [0, 0.1) is 0 Å². The Bertz CT molecular complexity index is 1450. The fraction of sp³-hybridized carbons (Fsp3) is 0.429. The van der Waals surface area contributed by atoms with Crippen LogP contribution in [0.25, 0.3) is 33.3 Å². The molecule has 2 aliphatic rings. The third-order valence-electron chi connectivity index (χ3n) is 7.63. The highest BCUT2D eigenvalue weighted by molar-refractivity contribution is 5.98. The molecule has 1 aromatic carbocycles. The van der Waals surface area contributed by atoms with Crippen LogP contribution in [-0.2, 0) is 36.0 Å². The Hall–Kier alpha value is -3.52. The summed E-state index contributed by atoms with van der Waals surface area (Å²) >= 11 is 0. The maximum absolute atomic E-state index is 12.3. The molecule has 0 spiro atoms. The number of benzene rings is 1. The van der Waals surface area contributed by atoms with Crippen LogP contribution in [0.4, 0.5) is 0 Å². The summed E-state index contributed by atoms with van der Waals surface area (Å²) in [5.74, 6) is 0.111. The molecular formula is C28H32N6O2. The average molecular weight is 485 g/mol. The quantitative estimate of drug-likeness (QED) is 0.431. The van der Waals surface area contributed by atoms with Crippen molar-refractivity contribution in [2.75, 3.05) is 19.8 Å². The van der Waals surface area contributed by atoms with Gasteiger partial charge < -0.3 is 9.64 Å². The monoisotopic (exact) mass is 484 g/mol. The van der Waals surface area contributed by atoms with Gasteiger partial charge in [-0.25, -0.2) is 0 Å². The number of fused-ring (bicyclic) bond motifs is 2. The molecule has 1 saturated heterocycles. The second-order valence-electron chi connectivity index (χ2n) is 9.94. The van der Waals surface area contributed by atoms with E-state index in [9.17, 15) is 4.79 Å². The summed E-state index contributed by atoms with van der Waals surface area (Å²) in [5.41, 5.74) is 7.70. The van der Waals surface area contributed by atoms with E-state index >= 15 is 0 Å². The van der Waals surface area contributed by atoms with E-state index in [1.54, 1.807) is 11.6 Å². The smallest absolute Gasteiger partial charge is 0.219 e.